The van der Waals surface area contributed by atoms with E-state index in [0.717, 1.165) is 16.6 Å². The van der Waals surface area contributed by atoms with Gasteiger partial charge in [-0.2, -0.15) is 4.31 Å². The van der Waals surface area contributed by atoms with Crippen LogP contribution in [0.4, 0.5) is 5.69 Å². The summed E-state index contributed by atoms with van der Waals surface area (Å²) in [5, 5.41) is 5.65. The van der Waals surface area contributed by atoms with Gasteiger partial charge in [-0.25, -0.2) is 8.42 Å². The molecule has 4 rings (SSSR count). The lowest BCUT2D eigenvalue weighted by Crippen LogP contribution is -2.53. The molecule has 1 saturated heterocycles. The minimum Gasteiger partial charge on any atom is -0.324 e. The Kier molecular flexibility index (Phi) is 5.64. The first-order valence-electron chi connectivity index (χ1n) is 9.39. The maximum absolute atomic E-state index is 12.8. The van der Waals surface area contributed by atoms with Gasteiger partial charge in [-0.1, -0.05) is 12.1 Å². The molecule has 2 aromatic heterocycles. The van der Waals surface area contributed by atoms with E-state index in [4.69, 9.17) is 0 Å². The number of carbonyl (C=O) groups excluding carboxylic acids is 1. The zero-order valence-electron chi connectivity index (χ0n) is 16.0. The lowest BCUT2D eigenvalue weighted by Gasteiger charge is -2.36. The molecule has 3 aromatic rings. The van der Waals surface area contributed by atoms with Gasteiger partial charge in [0.05, 0.1) is 17.2 Å². The molecule has 0 spiro atoms. The summed E-state index contributed by atoms with van der Waals surface area (Å²) in [5.41, 5.74) is 1.55. The average Bonchev–Trinajstić information content (AvgIpc) is 3.29. The molecule has 9 heteroatoms. The zero-order valence-corrected chi connectivity index (χ0v) is 17.6. The van der Waals surface area contributed by atoms with Crippen molar-refractivity contribution < 1.29 is 13.2 Å². The van der Waals surface area contributed by atoms with Crippen molar-refractivity contribution in [3.63, 3.8) is 0 Å². The van der Waals surface area contributed by atoms with E-state index in [9.17, 15) is 13.2 Å². The second kappa shape index (κ2) is 8.19. The molecule has 1 fully saturated rings. The fourth-order valence-corrected chi connectivity index (χ4v) is 6.05. The molecule has 1 aliphatic rings. The predicted molar refractivity (Wildman–Crippen MR) is 114 cm³/mol. The van der Waals surface area contributed by atoms with E-state index in [2.05, 4.69) is 10.3 Å². The highest BCUT2D eigenvalue weighted by Crippen LogP contribution is 2.24. The topological polar surface area (TPSA) is 82.6 Å². The van der Waals surface area contributed by atoms with Crippen molar-refractivity contribution in [1.82, 2.24) is 14.2 Å². The van der Waals surface area contributed by atoms with E-state index in [-0.39, 0.29) is 11.9 Å². The van der Waals surface area contributed by atoms with Gasteiger partial charge in [0.1, 0.15) is 4.21 Å². The van der Waals surface area contributed by atoms with Crippen molar-refractivity contribution in [2.75, 3.05) is 31.5 Å². The number of pyridine rings is 1. The Morgan fingerprint density at radius 1 is 1.10 bits per heavy atom. The second-order valence-corrected chi connectivity index (χ2v) is 10.0. The summed E-state index contributed by atoms with van der Waals surface area (Å²) in [6, 6.07) is 12.4. The molecule has 1 N–H and O–H groups in total. The Morgan fingerprint density at radius 2 is 1.90 bits per heavy atom. The summed E-state index contributed by atoms with van der Waals surface area (Å²) >= 11 is 1.23. The number of amides is 1. The third kappa shape index (κ3) is 4.04. The summed E-state index contributed by atoms with van der Waals surface area (Å²) in [6.07, 6.45) is 1.72. The van der Waals surface area contributed by atoms with Crippen LogP contribution in [-0.4, -0.2) is 60.7 Å². The van der Waals surface area contributed by atoms with Crippen molar-refractivity contribution in [2.24, 2.45) is 0 Å². The molecule has 7 nitrogen and oxygen atoms in total. The van der Waals surface area contributed by atoms with E-state index in [1.165, 1.54) is 15.6 Å². The number of piperazine rings is 1. The number of thiophene rings is 1. The Morgan fingerprint density at radius 3 is 2.62 bits per heavy atom. The number of hydrogen-bond donors (Lipinski definition) is 1. The van der Waals surface area contributed by atoms with Crippen LogP contribution in [0.3, 0.4) is 0 Å². The van der Waals surface area contributed by atoms with Crippen LogP contribution in [-0.2, 0) is 14.8 Å². The van der Waals surface area contributed by atoms with Crippen LogP contribution in [0, 0.1) is 0 Å². The minimum atomic E-state index is -3.44. The molecule has 152 valence electrons. The number of nitrogens with one attached hydrogen (secondary N) is 1. The highest BCUT2D eigenvalue weighted by Gasteiger charge is 2.32. The van der Waals surface area contributed by atoms with E-state index in [1.807, 2.05) is 42.2 Å². The quantitative estimate of drug-likeness (QED) is 0.673. The van der Waals surface area contributed by atoms with E-state index < -0.39 is 10.0 Å². The van der Waals surface area contributed by atoms with Crippen molar-refractivity contribution in [3.8, 4) is 0 Å². The normalized spacial score (nSPS) is 17.3. The van der Waals surface area contributed by atoms with Crippen LogP contribution >= 0.6 is 11.3 Å². The lowest BCUT2D eigenvalue weighted by molar-refractivity contribution is -0.121. The lowest BCUT2D eigenvalue weighted by atomic mass is 10.1. The van der Waals surface area contributed by atoms with E-state index in [1.54, 1.807) is 23.7 Å². The number of nitrogens with zero attached hydrogens (tertiary/aromatic N) is 3. The maximum Gasteiger partial charge on any atom is 0.252 e. The predicted octanol–water partition coefficient (Wildman–Crippen LogP) is 2.63. The van der Waals surface area contributed by atoms with Gasteiger partial charge in [0.25, 0.3) is 10.0 Å². The van der Waals surface area contributed by atoms with E-state index in [0.29, 0.717) is 30.4 Å². The molecule has 0 unspecified atom stereocenters. The van der Waals surface area contributed by atoms with Crippen LogP contribution < -0.4 is 5.32 Å². The average molecular weight is 431 g/mol. The third-order valence-corrected chi connectivity index (χ3v) is 8.46. The van der Waals surface area contributed by atoms with Gasteiger partial charge in [0, 0.05) is 37.8 Å². The Hall–Kier alpha value is -2.33. The number of carbonyl (C=O) groups is 1. The molecule has 1 amide bonds. The fourth-order valence-electron chi connectivity index (χ4n) is 3.48. The fraction of sp³-hybridized carbons (Fsp3) is 0.300. The first-order valence-corrected chi connectivity index (χ1v) is 11.7. The largest absolute Gasteiger partial charge is 0.324 e. The SMILES string of the molecule is C[C@@H](C(=O)Nc1cccc2ncccc12)N1CCN(S(=O)(=O)c2cccs2)CC1. The minimum absolute atomic E-state index is 0.115. The van der Waals surface area contributed by atoms with Crippen LogP contribution in [0.25, 0.3) is 10.9 Å². The molecule has 29 heavy (non-hydrogen) atoms. The van der Waals surface area contributed by atoms with Crippen LogP contribution in [0.15, 0.2) is 58.3 Å². The van der Waals surface area contributed by atoms with Crippen LogP contribution in [0.5, 0.6) is 0 Å². The molecule has 3 heterocycles. The van der Waals surface area contributed by atoms with Gasteiger partial charge in [0.15, 0.2) is 0 Å². The van der Waals surface area contributed by atoms with Crippen LogP contribution in [0.1, 0.15) is 6.92 Å². The van der Waals surface area contributed by atoms with Crippen molar-refractivity contribution in [3.05, 3.63) is 54.0 Å². The number of aromatic nitrogens is 1. The molecule has 1 aromatic carbocycles. The van der Waals surface area contributed by atoms with E-state index >= 15 is 0 Å². The molecular weight excluding hydrogens is 408 g/mol. The molecular formula is C20H22N4O3S2. The highest BCUT2D eigenvalue weighted by molar-refractivity contribution is 7.91. The van der Waals surface area contributed by atoms with Crippen molar-refractivity contribution in [2.45, 2.75) is 17.2 Å². The Labute approximate surface area is 174 Å². The summed E-state index contributed by atoms with van der Waals surface area (Å²) in [4.78, 5) is 19.1. The van der Waals surface area contributed by atoms with Crippen molar-refractivity contribution >= 4 is 43.9 Å². The number of anilines is 1. The van der Waals surface area contributed by atoms with Gasteiger partial charge >= 0.3 is 0 Å². The molecule has 0 bridgehead atoms. The smallest absolute Gasteiger partial charge is 0.252 e. The molecule has 1 atom stereocenters. The van der Waals surface area contributed by atoms with Gasteiger partial charge in [-0.15, -0.1) is 11.3 Å². The monoisotopic (exact) mass is 430 g/mol. The summed E-state index contributed by atoms with van der Waals surface area (Å²) in [5.74, 6) is -0.115. The molecule has 0 radical (unpaired) electrons. The summed E-state index contributed by atoms with van der Waals surface area (Å²) < 4.78 is 27.2. The van der Waals surface area contributed by atoms with Crippen molar-refractivity contribution in [1.29, 1.82) is 0 Å². The van der Waals surface area contributed by atoms with Gasteiger partial charge in [0.2, 0.25) is 5.91 Å². The zero-order chi connectivity index (χ0) is 20.4. The van der Waals surface area contributed by atoms with Gasteiger partial charge in [-0.05, 0) is 42.6 Å². The third-order valence-electron chi connectivity index (χ3n) is 5.19. The van der Waals surface area contributed by atoms with Gasteiger partial charge < -0.3 is 5.32 Å². The second-order valence-electron chi connectivity index (χ2n) is 6.91. The summed E-state index contributed by atoms with van der Waals surface area (Å²) in [7, 11) is -3.44. The molecule has 0 aliphatic carbocycles. The molecule has 1 aliphatic heterocycles. The standard InChI is InChI=1S/C20H22N4O3S2/c1-15(20(25)22-18-7-2-6-17-16(18)5-3-9-21-17)23-10-12-24(13-11-23)29(26,27)19-8-4-14-28-19/h2-9,14-15H,10-13H2,1H3,(H,22,25)/t15-/m0/s1. The number of sulfonamides is 1. The number of hydrogen-bond acceptors (Lipinski definition) is 6. The number of benzene rings is 1. The Bertz CT molecular complexity index is 1100. The Balaban J connectivity index is 1.40. The van der Waals surface area contributed by atoms with Crippen LogP contribution in [0.2, 0.25) is 0 Å². The summed E-state index contributed by atoms with van der Waals surface area (Å²) in [6.45, 7) is 3.61. The maximum atomic E-state index is 12.8. The number of fused-ring (bicyclic) bond motifs is 1. The highest BCUT2D eigenvalue weighted by atomic mass is 32.2. The number of rotatable bonds is 5. The molecule has 0 saturated carbocycles. The first kappa shape index (κ1) is 20.0. The first-order chi connectivity index (χ1) is 14.0. The van der Waals surface area contributed by atoms with Gasteiger partial charge in [-0.3, -0.25) is 14.7 Å².